The van der Waals surface area contributed by atoms with E-state index in [0.717, 1.165) is 11.6 Å². The minimum atomic E-state index is -1.02. The smallest absolute Gasteiger partial charge is 0.328 e. The molecule has 4 nitrogen and oxygen atoms in total. The number of hydrogen-bond donors (Lipinski definition) is 1. The fourth-order valence-corrected chi connectivity index (χ4v) is 1.52. The van der Waals surface area contributed by atoms with E-state index in [1.54, 1.807) is 31.2 Å². The van der Waals surface area contributed by atoms with E-state index >= 15 is 0 Å². The molecule has 0 fully saturated rings. The maximum absolute atomic E-state index is 11.4. The summed E-state index contributed by atoms with van der Waals surface area (Å²) in [6.45, 7) is 1.72. The van der Waals surface area contributed by atoms with Gasteiger partial charge < -0.3 is 9.84 Å². The molecule has 90 valence electrons. The SMILES string of the molecule is COC(=O)C(C)c1ccccc1C=CC(=O)O. The molecule has 0 amide bonds. The van der Waals surface area contributed by atoms with Gasteiger partial charge in [-0.15, -0.1) is 0 Å². The molecule has 4 heteroatoms. The second kappa shape index (κ2) is 5.84. The molecule has 1 unspecified atom stereocenters. The van der Waals surface area contributed by atoms with Crippen LogP contribution in [0.15, 0.2) is 30.3 Å². The van der Waals surface area contributed by atoms with Crippen molar-refractivity contribution in [1.82, 2.24) is 0 Å². The number of carbonyl (C=O) groups is 2. The van der Waals surface area contributed by atoms with Gasteiger partial charge in [0.15, 0.2) is 0 Å². The van der Waals surface area contributed by atoms with Gasteiger partial charge in [0, 0.05) is 6.08 Å². The van der Waals surface area contributed by atoms with Crippen molar-refractivity contribution in [2.24, 2.45) is 0 Å². The number of carboxylic acid groups (broad SMARTS) is 1. The van der Waals surface area contributed by atoms with Crippen LogP contribution in [-0.4, -0.2) is 24.2 Å². The molecule has 0 aliphatic heterocycles. The Balaban J connectivity index is 3.07. The van der Waals surface area contributed by atoms with Crippen LogP contribution in [-0.2, 0) is 14.3 Å². The van der Waals surface area contributed by atoms with E-state index in [1.165, 1.54) is 13.2 Å². The molecule has 1 aromatic rings. The summed E-state index contributed by atoms with van der Waals surface area (Å²) < 4.78 is 4.67. The van der Waals surface area contributed by atoms with Crippen LogP contribution in [0.1, 0.15) is 24.0 Å². The third kappa shape index (κ3) is 3.45. The van der Waals surface area contributed by atoms with Gasteiger partial charge in [-0.2, -0.15) is 0 Å². The van der Waals surface area contributed by atoms with Crippen LogP contribution in [0.4, 0.5) is 0 Å². The lowest BCUT2D eigenvalue weighted by atomic mass is 9.95. The molecule has 17 heavy (non-hydrogen) atoms. The van der Waals surface area contributed by atoms with Gasteiger partial charge >= 0.3 is 11.9 Å². The highest BCUT2D eigenvalue weighted by Gasteiger charge is 2.17. The Morgan fingerprint density at radius 1 is 1.35 bits per heavy atom. The molecule has 0 saturated heterocycles. The predicted molar refractivity (Wildman–Crippen MR) is 63.5 cm³/mol. The molecule has 1 N–H and O–H groups in total. The third-order valence-corrected chi connectivity index (χ3v) is 2.42. The Kier molecular flexibility index (Phi) is 4.46. The number of esters is 1. The quantitative estimate of drug-likeness (QED) is 0.639. The molecule has 0 aromatic heterocycles. The van der Waals surface area contributed by atoms with E-state index in [-0.39, 0.29) is 5.97 Å². The second-order valence-electron chi connectivity index (χ2n) is 3.55. The van der Waals surface area contributed by atoms with Gasteiger partial charge in [0.25, 0.3) is 0 Å². The summed E-state index contributed by atoms with van der Waals surface area (Å²) in [5, 5.41) is 8.58. The highest BCUT2D eigenvalue weighted by molar-refractivity contribution is 5.86. The number of rotatable bonds is 4. The average Bonchev–Trinajstić information content (AvgIpc) is 2.34. The molecular formula is C13H14O4. The van der Waals surface area contributed by atoms with Crippen molar-refractivity contribution in [3.63, 3.8) is 0 Å². The molecule has 0 radical (unpaired) electrons. The molecule has 0 bridgehead atoms. The maximum atomic E-state index is 11.4. The minimum absolute atomic E-state index is 0.346. The Labute approximate surface area is 99.5 Å². The van der Waals surface area contributed by atoms with Crippen LogP contribution in [0, 0.1) is 0 Å². The summed E-state index contributed by atoms with van der Waals surface area (Å²) in [5.41, 5.74) is 1.45. The van der Waals surface area contributed by atoms with Gasteiger partial charge in [-0.3, -0.25) is 4.79 Å². The molecule has 0 aliphatic carbocycles. The van der Waals surface area contributed by atoms with Gasteiger partial charge in [-0.1, -0.05) is 24.3 Å². The Bertz CT molecular complexity index is 448. The van der Waals surface area contributed by atoms with E-state index < -0.39 is 11.9 Å². The molecule has 0 spiro atoms. The number of methoxy groups -OCH3 is 1. The minimum Gasteiger partial charge on any atom is -0.478 e. The lowest BCUT2D eigenvalue weighted by Crippen LogP contribution is -2.11. The zero-order chi connectivity index (χ0) is 12.8. The van der Waals surface area contributed by atoms with Crippen LogP contribution < -0.4 is 0 Å². The molecule has 1 rings (SSSR count). The first kappa shape index (κ1) is 13.0. The van der Waals surface area contributed by atoms with Crippen LogP contribution in [0.3, 0.4) is 0 Å². The molecule has 0 saturated carbocycles. The summed E-state index contributed by atoms with van der Waals surface area (Å²) in [6, 6.07) is 7.12. The lowest BCUT2D eigenvalue weighted by molar-refractivity contribution is -0.142. The number of carbonyl (C=O) groups excluding carboxylic acids is 1. The Morgan fingerprint density at radius 2 is 2.00 bits per heavy atom. The Hall–Kier alpha value is -2.10. The van der Waals surface area contributed by atoms with E-state index in [9.17, 15) is 9.59 Å². The first-order chi connectivity index (χ1) is 8.06. The first-order valence-corrected chi connectivity index (χ1v) is 5.14. The summed E-state index contributed by atoms with van der Waals surface area (Å²) in [6.07, 6.45) is 2.51. The normalized spacial score (nSPS) is 12.4. The Morgan fingerprint density at radius 3 is 2.59 bits per heavy atom. The van der Waals surface area contributed by atoms with Crippen molar-refractivity contribution < 1.29 is 19.4 Å². The maximum Gasteiger partial charge on any atom is 0.328 e. The fraction of sp³-hybridized carbons (Fsp3) is 0.231. The van der Waals surface area contributed by atoms with Gasteiger partial charge in [-0.05, 0) is 24.1 Å². The van der Waals surface area contributed by atoms with E-state index in [4.69, 9.17) is 5.11 Å². The van der Waals surface area contributed by atoms with E-state index in [2.05, 4.69) is 4.74 Å². The summed E-state index contributed by atoms with van der Waals surface area (Å²) >= 11 is 0. The molecule has 1 atom stereocenters. The standard InChI is InChI=1S/C13H14O4/c1-9(13(16)17-2)11-6-4-3-5-10(11)7-8-12(14)15/h3-9H,1-2H3,(H,14,15). The van der Waals surface area contributed by atoms with Gasteiger partial charge in [0.1, 0.15) is 0 Å². The van der Waals surface area contributed by atoms with Gasteiger partial charge in [-0.25, -0.2) is 4.79 Å². The number of ether oxygens (including phenoxy) is 1. The van der Waals surface area contributed by atoms with Crippen molar-refractivity contribution in [2.45, 2.75) is 12.8 Å². The largest absolute Gasteiger partial charge is 0.478 e. The van der Waals surface area contributed by atoms with Crippen LogP contribution in [0.2, 0.25) is 0 Å². The van der Waals surface area contributed by atoms with Gasteiger partial charge in [0.05, 0.1) is 13.0 Å². The topological polar surface area (TPSA) is 63.6 Å². The van der Waals surface area contributed by atoms with Crippen molar-refractivity contribution in [2.75, 3.05) is 7.11 Å². The summed E-state index contributed by atoms with van der Waals surface area (Å²) in [7, 11) is 1.33. The molecular weight excluding hydrogens is 220 g/mol. The van der Waals surface area contributed by atoms with Gasteiger partial charge in [0.2, 0.25) is 0 Å². The predicted octanol–water partition coefficient (Wildman–Crippen LogP) is 2.06. The second-order valence-corrected chi connectivity index (χ2v) is 3.55. The summed E-state index contributed by atoms with van der Waals surface area (Å²) in [4.78, 5) is 21.9. The monoisotopic (exact) mass is 234 g/mol. The number of benzene rings is 1. The average molecular weight is 234 g/mol. The van der Waals surface area contributed by atoms with Crippen molar-refractivity contribution >= 4 is 18.0 Å². The number of aliphatic carboxylic acids is 1. The van der Waals surface area contributed by atoms with Crippen LogP contribution in [0.5, 0.6) is 0 Å². The van der Waals surface area contributed by atoms with E-state index in [0.29, 0.717) is 5.56 Å². The summed E-state index contributed by atoms with van der Waals surface area (Å²) in [5.74, 6) is -1.79. The molecule has 1 aromatic carbocycles. The number of hydrogen-bond acceptors (Lipinski definition) is 3. The van der Waals surface area contributed by atoms with Crippen LogP contribution in [0.25, 0.3) is 6.08 Å². The van der Waals surface area contributed by atoms with Crippen LogP contribution >= 0.6 is 0 Å². The van der Waals surface area contributed by atoms with Crippen molar-refractivity contribution in [3.8, 4) is 0 Å². The lowest BCUT2D eigenvalue weighted by Gasteiger charge is -2.12. The highest BCUT2D eigenvalue weighted by atomic mass is 16.5. The zero-order valence-electron chi connectivity index (χ0n) is 9.71. The molecule has 0 aliphatic rings. The highest BCUT2D eigenvalue weighted by Crippen LogP contribution is 2.22. The first-order valence-electron chi connectivity index (χ1n) is 5.14. The van der Waals surface area contributed by atoms with E-state index in [1.807, 2.05) is 0 Å². The fourth-order valence-electron chi connectivity index (χ4n) is 1.52. The third-order valence-electron chi connectivity index (χ3n) is 2.42. The van der Waals surface area contributed by atoms with Crippen molar-refractivity contribution in [1.29, 1.82) is 0 Å². The van der Waals surface area contributed by atoms with Crippen molar-refractivity contribution in [3.05, 3.63) is 41.5 Å². The zero-order valence-corrected chi connectivity index (χ0v) is 9.71. The molecule has 0 heterocycles. The number of carboxylic acids is 1.